The lowest BCUT2D eigenvalue weighted by atomic mass is 9.96. The van der Waals surface area contributed by atoms with Crippen molar-refractivity contribution in [1.82, 2.24) is 0 Å². The van der Waals surface area contributed by atoms with Crippen LogP contribution in [0.15, 0.2) is 60.7 Å². The standard InChI is InChI=1S/C22H14F4N2/c23-17-7-15(27)8-18(24)21(17)13-3-1-11-5-14(4-2-12(11)6-13)22-19(25)9-16(28)10-20(22)26/h1-10H,27-28H2. The maximum atomic E-state index is 14.2. The molecule has 0 aromatic heterocycles. The van der Waals surface area contributed by atoms with Crippen LogP contribution < -0.4 is 11.5 Å². The Labute approximate surface area is 158 Å². The van der Waals surface area contributed by atoms with E-state index >= 15 is 0 Å². The predicted octanol–water partition coefficient (Wildman–Crippen LogP) is 5.89. The molecule has 0 bridgehead atoms. The molecule has 0 amide bonds. The van der Waals surface area contributed by atoms with Crippen molar-refractivity contribution in [1.29, 1.82) is 0 Å². The van der Waals surface area contributed by atoms with Crippen molar-refractivity contribution >= 4 is 22.1 Å². The highest BCUT2D eigenvalue weighted by molar-refractivity contribution is 5.91. The summed E-state index contributed by atoms with van der Waals surface area (Å²) in [5.74, 6) is -3.06. The minimum Gasteiger partial charge on any atom is -0.399 e. The second-order valence-corrected chi connectivity index (χ2v) is 6.50. The molecule has 28 heavy (non-hydrogen) atoms. The van der Waals surface area contributed by atoms with Crippen LogP contribution in [-0.4, -0.2) is 0 Å². The first-order chi connectivity index (χ1) is 13.3. The molecule has 4 aromatic carbocycles. The van der Waals surface area contributed by atoms with Crippen LogP contribution in [0.2, 0.25) is 0 Å². The van der Waals surface area contributed by atoms with Gasteiger partial charge >= 0.3 is 0 Å². The van der Waals surface area contributed by atoms with E-state index in [1.807, 2.05) is 0 Å². The molecule has 0 unspecified atom stereocenters. The van der Waals surface area contributed by atoms with Gasteiger partial charge in [0.2, 0.25) is 0 Å². The van der Waals surface area contributed by atoms with Gasteiger partial charge in [0, 0.05) is 11.4 Å². The highest BCUT2D eigenvalue weighted by Gasteiger charge is 2.15. The number of hydrogen-bond donors (Lipinski definition) is 2. The van der Waals surface area contributed by atoms with Gasteiger partial charge in [-0.05, 0) is 58.3 Å². The van der Waals surface area contributed by atoms with Crippen LogP contribution in [0.3, 0.4) is 0 Å². The van der Waals surface area contributed by atoms with E-state index in [0.717, 1.165) is 24.3 Å². The lowest BCUT2D eigenvalue weighted by Gasteiger charge is -2.10. The fraction of sp³-hybridized carbons (Fsp3) is 0. The molecule has 4 aromatic rings. The van der Waals surface area contributed by atoms with Crippen LogP contribution in [0.5, 0.6) is 0 Å². The summed E-state index contributed by atoms with van der Waals surface area (Å²) in [6.07, 6.45) is 0. The zero-order valence-corrected chi connectivity index (χ0v) is 14.4. The molecule has 0 aliphatic rings. The number of fused-ring (bicyclic) bond motifs is 1. The van der Waals surface area contributed by atoms with Gasteiger partial charge in [-0.1, -0.05) is 24.3 Å². The van der Waals surface area contributed by atoms with Crippen LogP contribution in [0.1, 0.15) is 0 Å². The van der Waals surface area contributed by atoms with Crippen LogP contribution in [-0.2, 0) is 0 Å². The van der Waals surface area contributed by atoms with Crippen molar-refractivity contribution in [3.8, 4) is 22.3 Å². The molecule has 6 heteroatoms. The van der Waals surface area contributed by atoms with Gasteiger partial charge in [-0.25, -0.2) is 17.6 Å². The summed E-state index contributed by atoms with van der Waals surface area (Å²) in [6, 6.07) is 13.8. The van der Waals surface area contributed by atoms with E-state index in [1.54, 1.807) is 36.4 Å². The molecule has 140 valence electrons. The Morgan fingerprint density at radius 2 is 0.786 bits per heavy atom. The molecule has 0 radical (unpaired) electrons. The van der Waals surface area contributed by atoms with Crippen molar-refractivity contribution in [2.45, 2.75) is 0 Å². The lowest BCUT2D eigenvalue weighted by Crippen LogP contribution is -1.95. The third-order valence-electron chi connectivity index (χ3n) is 4.55. The van der Waals surface area contributed by atoms with Gasteiger partial charge in [0.25, 0.3) is 0 Å². The normalized spacial score (nSPS) is 11.1. The highest BCUT2D eigenvalue weighted by Crippen LogP contribution is 2.34. The number of nitrogen functional groups attached to an aromatic ring is 2. The Hall–Kier alpha value is -3.54. The van der Waals surface area contributed by atoms with Crippen molar-refractivity contribution in [3.05, 3.63) is 83.9 Å². The van der Waals surface area contributed by atoms with Crippen molar-refractivity contribution in [2.75, 3.05) is 11.5 Å². The molecule has 4 rings (SSSR count). The van der Waals surface area contributed by atoms with Gasteiger partial charge in [-0.2, -0.15) is 0 Å². The van der Waals surface area contributed by atoms with Crippen molar-refractivity contribution in [3.63, 3.8) is 0 Å². The molecule has 4 N–H and O–H groups in total. The average molecular weight is 382 g/mol. The number of hydrogen-bond acceptors (Lipinski definition) is 2. The summed E-state index contributed by atoms with van der Waals surface area (Å²) < 4.78 is 56.8. The summed E-state index contributed by atoms with van der Waals surface area (Å²) in [6.45, 7) is 0. The van der Waals surface area contributed by atoms with Crippen molar-refractivity contribution in [2.24, 2.45) is 0 Å². The lowest BCUT2D eigenvalue weighted by molar-refractivity contribution is 0.590. The molecule has 0 heterocycles. The molecule has 2 nitrogen and oxygen atoms in total. The smallest absolute Gasteiger partial charge is 0.136 e. The van der Waals surface area contributed by atoms with E-state index in [-0.39, 0.29) is 22.5 Å². The van der Waals surface area contributed by atoms with E-state index < -0.39 is 23.3 Å². The van der Waals surface area contributed by atoms with Gasteiger partial charge in [0.15, 0.2) is 0 Å². The van der Waals surface area contributed by atoms with Gasteiger partial charge in [0.1, 0.15) is 23.3 Å². The minimum absolute atomic E-state index is 0.00303. The number of benzene rings is 4. The predicted molar refractivity (Wildman–Crippen MR) is 103 cm³/mol. The van der Waals surface area contributed by atoms with Crippen LogP contribution in [0.4, 0.5) is 28.9 Å². The van der Waals surface area contributed by atoms with Gasteiger partial charge in [-0.15, -0.1) is 0 Å². The Morgan fingerprint density at radius 1 is 0.464 bits per heavy atom. The van der Waals surface area contributed by atoms with Gasteiger partial charge in [0.05, 0.1) is 11.1 Å². The Morgan fingerprint density at radius 3 is 1.11 bits per heavy atom. The average Bonchev–Trinajstić information content (AvgIpc) is 2.60. The molecular formula is C22H14F4N2. The fourth-order valence-electron chi connectivity index (χ4n) is 3.29. The summed E-state index contributed by atoms with van der Waals surface area (Å²) in [5.41, 5.74) is 11.2. The van der Waals surface area contributed by atoms with Gasteiger partial charge < -0.3 is 11.5 Å². The third kappa shape index (κ3) is 3.03. The molecule has 0 spiro atoms. The zero-order chi connectivity index (χ0) is 20.0. The van der Waals surface area contributed by atoms with E-state index in [4.69, 9.17) is 11.5 Å². The third-order valence-corrected chi connectivity index (χ3v) is 4.55. The van der Waals surface area contributed by atoms with E-state index in [2.05, 4.69) is 0 Å². The monoisotopic (exact) mass is 382 g/mol. The first kappa shape index (κ1) is 17.9. The maximum absolute atomic E-state index is 14.2. The number of nitrogens with two attached hydrogens (primary N) is 2. The SMILES string of the molecule is Nc1cc(F)c(-c2ccc3cc(-c4c(F)cc(N)cc4F)ccc3c2)c(F)c1. The maximum Gasteiger partial charge on any atom is 0.136 e. The quantitative estimate of drug-likeness (QED) is 0.335. The first-order valence-corrected chi connectivity index (χ1v) is 8.37. The second-order valence-electron chi connectivity index (χ2n) is 6.50. The second kappa shape index (κ2) is 6.56. The Balaban J connectivity index is 1.84. The zero-order valence-electron chi connectivity index (χ0n) is 14.4. The topological polar surface area (TPSA) is 52.0 Å². The highest BCUT2D eigenvalue weighted by atomic mass is 19.1. The number of halogens is 4. The molecule has 0 atom stereocenters. The minimum atomic E-state index is -0.764. The van der Waals surface area contributed by atoms with Gasteiger partial charge in [-0.3, -0.25) is 0 Å². The van der Waals surface area contributed by atoms with Crippen LogP contribution in [0.25, 0.3) is 33.0 Å². The van der Waals surface area contributed by atoms with Crippen LogP contribution >= 0.6 is 0 Å². The summed E-state index contributed by atoms with van der Waals surface area (Å²) >= 11 is 0. The molecular weight excluding hydrogens is 368 g/mol. The summed E-state index contributed by atoms with van der Waals surface area (Å²) in [7, 11) is 0. The van der Waals surface area contributed by atoms with E-state index in [0.29, 0.717) is 21.9 Å². The van der Waals surface area contributed by atoms with E-state index in [9.17, 15) is 17.6 Å². The number of rotatable bonds is 2. The van der Waals surface area contributed by atoms with Crippen molar-refractivity contribution < 1.29 is 17.6 Å². The Bertz CT molecular complexity index is 1090. The molecule has 0 saturated carbocycles. The Kier molecular flexibility index (Phi) is 4.19. The van der Waals surface area contributed by atoms with E-state index in [1.165, 1.54) is 0 Å². The molecule has 0 aliphatic heterocycles. The number of anilines is 2. The summed E-state index contributed by atoms with van der Waals surface area (Å²) in [5, 5.41) is 1.32. The molecule has 0 aliphatic carbocycles. The fourth-order valence-corrected chi connectivity index (χ4v) is 3.29. The molecule has 0 saturated heterocycles. The summed E-state index contributed by atoms with van der Waals surface area (Å²) in [4.78, 5) is 0. The molecule has 0 fully saturated rings. The van der Waals surface area contributed by atoms with Crippen LogP contribution in [0, 0.1) is 23.3 Å². The largest absolute Gasteiger partial charge is 0.399 e. The first-order valence-electron chi connectivity index (χ1n) is 8.37.